The predicted molar refractivity (Wildman–Crippen MR) is 101 cm³/mol. The average Bonchev–Trinajstić information content (AvgIpc) is 2.61. The van der Waals surface area contributed by atoms with Gasteiger partial charge >= 0.3 is 0 Å². The number of rotatable bonds is 13. The molecular weight excluding hydrogens is 300 g/mol. The van der Waals surface area contributed by atoms with Crippen LogP contribution in [-0.4, -0.2) is 44.1 Å². The Kier molecular flexibility index (Phi) is 10.9. The number of methoxy groups -OCH3 is 1. The molecule has 0 aromatic heterocycles. The van der Waals surface area contributed by atoms with E-state index in [2.05, 4.69) is 24.1 Å². The lowest BCUT2D eigenvalue weighted by Gasteiger charge is -2.22. The summed E-state index contributed by atoms with van der Waals surface area (Å²) in [4.78, 5) is 14.7. The molecule has 0 aliphatic heterocycles. The Morgan fingerprint density at radius 1 is 0.958 bits per heavy atom. The number of hydrogen-bond acceptors (Lipinski definition) is 3. The van der Waals surface area contributed by atoms with Gasteiger partial charge in [0.1, 0.15) is 5.75 Å². The molecule has 0 aliphatic carbocycles. The van der Waals surface area contributed by atoms with Gasteiger partial charge in [-0.05, 0) is 50.2 Å². The van der Waals surface area contributed by atoms with Crippen molar-refractivity contribution >= 4 is 5.91 Å². The van der Waals surface area contributed by atoms with Crippen LogP contribution in [0.15, 0.2) is 24.3 Å². The van der Waals surface area contributed by atoms with Gasteiger partial charge in [-0.3, -0.25) is 4.79 Å². The Morgan fingerprint density at radius 3 is 2.04 bits per heavy atom. The zero-order valence-corrected chi connectivity index (χ0v) is 15.6. The van der Waals surface area contributed by atoms with Crippen molar-refractivity contribution in [3.63, 3.8) is 0 Å². The molecule has 24 heavy (non-hydrogen) atoms. The number of carbonyl (C=O) groups excluding carboxylic acids is 1. The van der Waals surface area contributed by atoms with Gasteiger partial charge in [0.05, 0.1) is 7.11 Å². The van der Waals surface area contributed by atoms with Crippen LogP contribution in [0, 0.1) is 0 Å². The lowest BCUT2D eigenvalue weighted by Crippen LogP contribution is -2.36. The van der Waals surface area contributed by atoms with Gasteiger partial charge in [0.15, 0.2) is 0 Å². The molecule has 0 atom stereocenters. The Morgan fingerprint density at radius 2 is 1.54 bits per heavy atom. The SMILES string of the molecule is CCCCCN(CCCCC)CCNC(=O)c1ccc(OC)cc1. The van der Waals surface area contributed by atoms with E-state index in [-0.39, 0.29) is 5.91 Å². The third-order valence-corrected chi connectivity index (χ3v) is 4.22. The number of unbranched alkanes of at least 4 members (excludes halogenated alkanes) is 4. The minimum Gasteiger partial charge on any atom is -0.497 e. The number of amides is 1. The summed E-state index contributed by atoms with van der Waals surface area (Å²) in [6.45, 7) is 8.36. The van der Waals surface area contributed by atoms with E-state index in [1.165, 1.54) is 38.5 Å². The van der Waals surface area contributed by atoms with E-state index in [4.69, 9.17) is 4.74 Å². The summed E-state index contributed by atoms with van der Waals surface area (Å²) in [5.74, 6) is 0.754. The van der Waals surface area contributed by atoms with E-state index in [1.807, 2.05) is 12.1 Å². The Bertz CT molecular complexity index is 435. The first-order valence-electron chi connectivity index (χ1n) is 9.35. The molecule has 0 radical (unpaired) electrons. The van der Waals surface area contributed by atoms with Gasteiger partial charge in [-0.1, -0.05) is 39.5 Å². The normalized spacial score (nSPS) is 10.8. The summed E-state index contributed by atoms with van der Waals surface area (Å²) in [5, 5.41) is 3.03. The molecule has 1 aromatic rings. The maximum Gasteiger partial charge on any atom is 0.251 e. The summed E-state index contributed by atoms with van der Waals surface area (Å²) < 4.78 is 5.12. The lowest BCUT2D eigenvalue weighted by atomic mass is 10.2. The average molecular weight is 335 g/mol. The van der Waals surface area contributed by atoms with Crippen LogP contribution in [0.3, 0.4) is 0 Å². The monoisotopic (exact) mass is 334 g/mol. The van der Waals surface area contributed by atoms with Crippen molar-refractivity contribution in [1.29, 1.82) is 0 Å². The number of benzene rings is 1. The van der Waals surface area contributed by atoms with Gasteiger partial charge in [0, 0.05) is 18.7 Å². The number of ether oxygens (including phenoxy) is 1. The van der Waals surface area contributed by atoms with Crippen LogP contribution in [-0.2, 0) is 0 Å². The van der Waals surface area contributed by atoms with Crippen LogP contribution in [0.4, 0.5) is 0 Å². The number of carbonyl (C=O) groups is 1. The molecule has 0 saturated heterocycles. The second-order valence-corrected chi connectivity index (χ2v) is 6.24. The zero-order valence-electron chi connectivity index (χ0n) is 15.6. The van der Waals surface area contributed by atoms with E-state index in [0.29, 0.717) is 12.1 Å². The largest absolute Gasteiger partial charge is 0.497 e. The topological polar surface area (TPSA) is 41.6 Å². The molecule has 0 heterocycles. The van der Waals surface area contributed by atoms with Crippen molar-refractivity contribution in [2.75, 3.05) is 33.3 Å². The van der Waals surface area contributed by atoms with Crippen molar-refractivity contribution < 1.29 is 9.53 Å². The molecule has 0 spiro atoms. The van der Waals surface area contributed by atoms with E-state index < -0.39 is 0 Å². The minimum absolute atomic E-state index is 0.0141. The Labute approximate surface area is 147 Å². The zero-order chi connectivity index (χ0) is 17.6. The maximum atomic E-state index is 12.2. The molecule has 1 aromatic carbocycles. The molecule has 0 saturated carbocycles. The number of nitrogens with zero attached hydrogens (tertiary/aromatic N) is 1. The fraction of sp³-hybridized carbons (Fsp3) is 0.650. The first kappa shape index (κ1) is 20.5. The summed E-state index contributed by atoms with van der Waals surface area (Å²) in [7, 11) is 1.63. The molecule has 0 fully saturated rings. The van der Waals surface area contributed by atoms with Gasteiger partial charge in [-0.15, -0.1) is 0 Å². The van der Waals surface area contributed by atoms with Crippen LogP contribution in [0.5, 0.6) is 5.75 Å². The first-order valence-corrected chi connectivity index (χ1v) is 9.35. The van der Waals surface area contributed by atoms with E-state index in [0.717, 1.165) is 25.4 Å². The van der Waals surface area contributed by atoms with Gasteiger partial charge in [0.2, 0.25) is 0 Å². The molecular formula is C20H34N2O2. The summed E-state index contributed by atoms with van der Waals surface area (Å²) in [5.41, 5.74) is 0.680. The van der Waals surface area contributed by atoms with Crippen molar-refractivity contribution in [3.05, 3.63) is 29.8 Å². The second kappa shape index (κ2) is 12.8. The lowest BCUT2D eigenvalue weighted by molar-refractivity contribution is 0.0948. The standard InChI is InChI=1S/C20H34N2O2/c1-4-6-8-15-22(16-9-7-5-2)17-14-21-20(23)18-10-12-19(24-3)13-11-18/h10-13H,4-9,14-17H2,1-3H3,(H,21,23). The molecule has 1 amide bonds. The number of nitrogens with one attached hydrogen (secondary N) is 1. The third kappa shape index (κ3) is 8.34. The fourth-order valence-corrected chi connectivity index (χ4v) is 2.68. The van der Waals surface area contributed by atoms with Crippen molar-refractivity contribution in [2.24, 2.45) is 0 Å². The molecule has 0 unspecified atom stereocenters. The summed E-state index contributed by atoms with van der Waals surface area (Å²) >= 11 is 0. The predicted octanol–water partition coefficient (Wildman–Crippen LogP) is 4.11. The molecule has 4 nitrogen and oxygen atoms in total. The molecule has 1 N–H and O–H groups in total. The van der Waals surface area contributed by atoms with Crippen molar-refractivity contribution in [3.8, 4) is 5.75 Å². The fourth-order valence-electron chi connectivity index (χ4n) is 2.68. The highest BCUT2D eigenvalue weighted by atomic mass is 16.5. The first-order chi connectivity index (χ1) is 11.7. The van der Waals surface area contributed by atoms with E-state index in [1.54, 1.807) is 19.2 Å². The summed E-state index contributed by atoms with van der Waals surface area (Å²) in [6.07, 6.45) is 7.54. The second-order valence-electron chi connectivity index (χ2n) is 6.24. The Hall–Kier alpha value is -1.55. The van der Waals surface area contributed by atoms with Gasteiger partial charge in [-0.25, -0.2) is 0 Å². The highest BCUT2D eigenvalue weighted by molar-refractivity contribution is 5.94. The highest BCUT2D eigenvalue weighted by Gasteiger charge is 2.08. The Balaban J connectivity index is 2.36. The minimum atomic E-state index is -0.0141. The van der Waals surface area contributed by atoms with Crippen molar-refractivity contribution in [2.45, 2.75) is 52.4 Å². The van der Waals surface area contributed by atoms with Crippen LogP contribution in [0.25, 0.3) is 0 Å². The molecule has 0 aliphatic rings. The smallest absolute Gasteiger partial charge is 0.251 e. The van der Waals surface area contributed by atoms with Crippen LogP contribution in [0.1, 0.15) is 62.7 Å². The highest BCUT2D eigenvalue weighted by Crippen LogP contribution is 2.11. The van der Waals surface area contributed by atoms with Crippen LogP contribution < -0.4 is 10.1 Å². The van der Waals surface area contributed by atoms with E-state index in [9.17, 15) is 4.79 Å². The summed E-state index contributed by atoms with van der Waals surface area (Å²) in [6, 6.07) is 7.23. The molecule has 0 bridgehead atoms. The van der Waals surface area contributed by atoms with Crippen LogP contribution >= 0.6 is 0 Å². The van der Waals surface area contributed by atoms with Gasteiger partial charge in [0.25, 0.3) is 5.91 Å². The van der Waals surface area contributed by atoms with Gasteiger partial charge < -0.3 is 15.0 Å². The van der Waals surface area contributed by atoms with Crippen LogP contribution in [0.2, 0.25) is 0 Å². The maximum absolute atomic E-state index is 12.2. The third-order valence-electron chi connectivity index (χ3n) is 4.22. The molecule has 1 rings (SSSR count). The van der Waals surface area contributed by atoms with Gasteiger partial charge in [-0.2, -0.15) is 0 Å². The van der Waals surface area contributed by atoms with Crippen molar-refractivity contribution in [1.82, 2.24) is 10.2 Å². The number of hydrogen-bond donors (Lipinski definition) is 1. The quantitative estimate of drug-likeness (QED) is 0.552. The molecule has 4 heteroatoms. The molecule has 136 valence electrons. The van der Waals surface area contributed by atoms with E-state index >= 15 is 0 Å².